The molecule has 1 amide bonds. The van der Waals surface area contributed by atoms with Crippen molar-refractivity contribution in [2.24, 2.45) is 0 Å². The number of hydrogen-bond acceptors (Lipinski definition) is 3. The number of hydrogen-bond donors (Lipinski definition) is 2. The van der Waals surface area contributed by atoms with Gasteiger partial charge in [-0.3, -0.25) is 4.79 Å². The number of benzene rings is 1. The molecule has 0 aliphatic carbocycles. The van der Waals surface area contributed by atoms with Crippen LogP contribution >= 0.6 is 0 Å². The molecule has 1 aliphatic heterocycles. The van der Waals surface area contributed by atoms with E-state index < -0.39 is 11.5 Å². The second kappa shape index (κ2) is 6.22. The quantitative estimate of drug-likeness (QED) is 0.866. The second-order valence-corrected chi connectivity index (χ2v) is 5.39. The fourth-order valence-corrected chi connectivity index (χ4v) is 2.39. The molecule has 1 aromatic rings. The van der Waals surface area contributed by atoms with E-state index >= 15 is 0 Å². The van der Waals surface area contributed by atoms with Crippen LogP contribution in [0.25, 0.3) is 0 Å². The fraction of sp³-hybridized carbons (Fsp3) is 0.467. The first-order valence-corrected chi connectivity index (χ1v) is 6.80. The van der Waals surface area contributed by atoms with Crippen molar-refractivity contribution in [1.82, 2.24) is 5.32 Å². The molecule has 21 heavy (non-hydrogen) atoms. The van der Waals surface area contributed by atoms with Crippen LogP contribution in [0.4, 0.5) is 4.39 Å². The molecule has 0 saturated carbocycles. The lowest BCUT2D eigenvalue weighted by atomic mass is 9.95. The van der Waals surface area contributed by atoms with Crippen LogP contribution in [0.3, 0.4) is 0 Å². The Kier molecular flexibility index (Phi) is 4.57. The molecule has 1 fully saturated rings. The van der Waals surface area contributed by atoms with Crippen molar-refractivity contribution in [2.75, 3.05) is 13.2 Å². The number of carbonyl (C=O) groups is 2. The van der Waals surface area contributed by atoms with Gasteiger partial charge in [0.15, 0.2) is 5.54 Å². The summed E-state index contributed by atoms with van der Waals surface area (Å²) in [5.74, 6) is -1.88. The van der Waals surface area contributed by atoms with Gasteiger partial charge in [-0.25, -0.2) is 9.18 Å². The molecule has 1 saturated heterocycles. The summed E-state index contributed by atoms with van der Waals surface area (Å²) in [4.78, 5) is 23.4. The van der Waals surface area contributed by atoms with Gasteiger partial charge in [-0.1, -0.05) is 19.1 Å². The molecular formula is C15H18FNO4. The summed E-state index contributed by atoms with van der Waals surface area (Å²) in [6, 6.07) is 5.93. The van der Waals surface area contributed by atoms with Gasteiger partial charge in [-0.15, -0.1) is 0 Å². The molecule has 2 unspecified atom stereocenters. The molecule has 0 aromatic heterocycles. The Bertz CT molecular complexity index is 523. The smallest absolute Gasteiger partial charge is 0.331 e. The molecule has 0 radical (unpaired) electrons. The number of aliphatic carboxylic acids is 1. The highest BCUT2D eigenvalue weighted by atomic mass is 19.1. The summed E-state index contributed by atoms with van der Waals surface area (Å²) >= 11 is 0. The van der Waals surface area contributed by atoms with Crippen LogP contribution in [0.2, 0.25) is 0 Å². The van der Waals surface area contributed by atoms with E-state index in [1.54, 1.807) is 12.1 Å². The molecule has 1 heterocycles. The van der Waals surface area contributed by atoms with Crippen LogP contribution in [-0.2, 0) is 14.3 Å². The first kappa shape index (κ1) is 15.4. The highest BCUT2D eigenvalue weighted by Crippen LogP contribution is 2.22. The van der Waals surface area contributed by atoms with Gasteiger partial charge in [0.25, 0.3) is 0 Å². The monoisotopic (exact) mass is 295 g/mol. The zero-order valence-electron chi connectivity index (χ0n) is 11.8. The lowest BCUT2D eigenvalue weighted by molar-refractivity contribution is -0.147. The van der Waals surface area contributed by atoms with E-state index in [0.717, 1.165) is 5.56 Å². The van der Waals surface area contributed by atoms with Crippen LogP contribution in [0.1, 0.15) is 31.2 Å². The van der Waals surface area contributed by atoms with Crippen molar-refractivity contribution in [3.05, 3.63) is 35.6 Å². The van der Waals surface area contributed by atoms with Crippen molar-refractivity contribution < 1.29 is 23.8 Å². The Morgan fingerprint density at radius 3 is 2.62 bits per heavy atom. The van der Waals surface area contributed by atoms with Gasteiger partial charge in [-0.2, -0.15) is 0 Å². The van der Waals surface area contributed by atoms with Crippen LogP contribution < -0.4 is 5.32 Å². The van der Waals surface area contributed by atoms with Crippen LogP contribution in [0, 0.1) is 5.82 Å². The summed E-state index contributed by atoms with van der Waals surface area (Å²) in [7, 11) is 0. The molecule has 2 atom stereocenters. The molecule has 6 heteroatoms. The third-order valence-corrected chi connectivity index (χ3v) is 3.74. The zero-order valence-corrected chi connectivity index (χ0v) is 11.8. The summed E-state index contributed by atoms with van der Waals surface area (Å²) in [6.45, 7) is 2.14. The van der Waals surface area contributed by atoms with Gasteiger partial charge < -0.3 is 15.2 Å². The Balaban J connectivity index is 1.97. The van der Waals surface area contributed by atoms with Gasteiger partial charge in [0, 0.05) is 19.4 Å². The Hall–Kier alpha value is -1.95. The van der Waals surface area contributed by atoms with Crippen molar-refractivity contribution in [3.8, 4) is 0 Å². The molecule has 0 spiro atoms. The summed E-state index contributed by atoms with van der Waals surface area (Å²) < 4.78 is 18.0. The molecule has 0 bridgehead atoms. The first-order valence-electron chi connectivity index (χ1n) is 6.80. The van der Waals surface area contributed by atoms with Crippen molar-refractivity contribution in [1.29, 1.82) is 0 Å². The van der Waals surface area contributed by atoms with Crippen molar-refractivity contribution >= 4 is 11.9 Å². The average molecular weight is 295 g/mol. The maximum atomic E-state index is 12.9. The number of carboxylic acids is 1. The van der Waals surface area contributed by atoms with Crippen LogP contribution in [0.5, 0.6) is 0 Å². The summed E-state index contributed by atoms with van der Waals surface area (Å²) in [5, 5.41) is 11.8. The minimum absolute atomic E-state index is 0.0149. The third-order valence-electron chi connectivity index (χ3n) is 3.74. The third kappa shape index (κ3) is 3.58. The predicted octanol–water partition coefficient (Wildman–Crippen LogP) is 1.68. The number of nitrogens with one attached hydrogen (secondary N) is 1. The minimum Gasteiger partial charge on any atom is -0.479 e. The second-order valence-electron chi connectivity index (χ2n) is 5.39. The lowest BCUT2D eigenvalue weighted by Crippen LogP contribution is -2.55. The summed E-state index contributed by atoms with van der Waals surface area (Å²) in [6.07, 6.45) is 0.402. The highest BCUT2D eigenvalue weighted by molar-refractivity contribution is 5.87. The van der Waals surface area contributed by atoms with Crippen LogP contribution in [0.15, 0.2) is 24.3 Å². The first-order chi connectivity index (χ1) is 9.93. The lowest BCUT2D eigenvalue weighted by Gasteiger charge is -2.24. The normalized spacial score (nSPS) is 22.8. The highest BCUT2D eigenvalue weighted by Gasteiger charge is 2.43. The molecule has 2 N–H and O–H groups in total. The van der Waals surface area contributed by atoms with Crippen molar-refractivity contribution in [2.45, 2.75) is 31.2 Å². The van der Waals surface area contributed by atoms with Gasteiger partial charge in [0.05, 0.1) is 6.61 Å². The van der Waals surface area contributed by atoms with E-state index in [9.17, 15) is 19.1 Å². The Labute approximate surface area is 122 Å². The maximum Gasteiger partial charge on any atom is 0.331 e. The minimum atomic E-state index is -1.32. The standard InChI is InChI=1S/C15H18FNO4/c1-10(11-2-4-12(16)5-3-11)8-13(18)17-15(14(19)20)6-7-21-9-15/h2-5,10H,6-9H2,1H3,(H,17,18)(H,19,20). The molecular weight excluding hydrogens is 277 g/mol. The van der Waals surface area contributed by atoms with E-state index in [4.69, 9.17) is 4.74 Å². The van der Waals surface area contributed by atoms with E-state index in [-0.39, 0.29) is 37.1 Å². The zero-order chi connectivity index (χ0) is 15.5. The number of amides is 1. The number of ether oxygens (including phenoxy) is 1. The van der Waals surface area contributed by atoms with E-state index in [2.05, 4.69) is 5.32 Å². The van der Waals surface area contributed by atoms with E-state index in [0.29, 0.717) is 6.61 Å². The number of halogens is 1. The largest absolute Gasteiger partial charge is 0.479 e. The van der Waals surface area contributed by atoms with Gasteiger partial charge in [0.1, 0.15) is 5.82 Å². The van der Waals surface area contributed by atoms with E-state index in [1.807, 2.05) is 6.92 Å². The van der Waals surface area contributed by atoms with Gasteiger partial charge >= 0.3 is 5.97 Å². The fourth-order valence-electron chi connectivity index (χ4n) is 2.39. The maximum absolute atomic E-state index is 12.9. The molecule has 5 nitrogen and oxygen atoms in total. The average Bonchev–Trinajstić information content (AvgIpc) is 2.89. The topological polar surface area (TPSA) is 75.6 Å². The number of carbonyl (C=O) groups excluding carboxylic acids is 1. The van der Waals surface area contributed by atoms with Crippen LogP contribution in [-0.4, -0.2) is 35.7 Å². The molecule has 114 valence electrons. The molecule has 1 aliphatic rings. The summed E-state index contributed by atoms with van der Waals surface area (Å²) in [5.41, 5.74) is -0.488. The Morgan fingerprint density at radius 2 is 2.10 bits per heavy atom. The number of rotatable bonds is 5. The molecule has 2 rings (SSSR count). The Morgan fingerprint density at radius 1 is 1.43 bits per heavy atom. The van der Waals surface area contributed by atoms with E-state index in [1.165, 1.54) is 12.1 Å². The van der Waals surface area contributed by atoms with Crippen molar-refractivity contribution in [3.63, 3.8) is 0 Å². The predicted molar refractivity (Wildman–Crippen MR) is 73.4 cm³/mol. The van der Waals surface area contributed by atoms with Gasteiger partial charge in [0.2, 0.25) is 5.91 Å². The SMILES string of the molecule is CC(CC(=O)NC1(C(=O)O)CCOC1)c1ccc(F)cc1. The molecule has 1 aromatic carbocycles. The van der Waals surface area contributed by atoms with Gasteiger partial charge in [-0.05, 0) is 23.6 Å². The number of carboxylic acid groups (broad SMARTS) is 1.